The van der Waals surface area contributed by atoms with E-state index in [-0.39, 0.29) is 6.10 Å². The third-order valence-corrected chi connectivity index (χ3v) is 5.61. The molecule has 2 nitrogen and oxygen atoms in total. The summed E-state index contributed by atoms with van der Waals surface area (Å²) in [4.78, 5) is 11.2. The van der Waals surface area contributed by atoms with E-state index in [2.05, 4.69) is 38.1 Å². The topological polar surface area (TPSA) is 18.5 Å². The van der Waals surface area contributed by atoms with E-state index in [9.17, 15) is 0 Å². The lowest BCUT2D eigenvalue weighted by molar-refractivity contribution is -0.252. The van der Waals surface area contributed by atoms with Gasteiger partial charge in [0.05, 0.1) is 0 Å². The highest BCUT2D eigenvalue weighted by atomic mass is 17.2. The maximum absolute atomic E-state index is 5.62. The van der Waals surface area contributed by atoms with Crippen LogP contribution in [0.4, 0.5) is 0 Å². The number of hydrogen-bond acceptors (Lipinski definition) is 2. The van der Waals surface area contributed by atoms with Crippen molar-refractivity contribution in [2.24, 2.45) is 11.8 Å². The lowest BCUT2D eigenvalue weighted by Gasteiger charge is -2.26. The molecule has 0 spiro atoms. The highest BCUT2D eigenvalue weighted by Gasteiger charge is 2.21. The van der Waals surface area contributed by atoms with Gasteiger partial charge in [0.2, 0.25) is 0 Å². The largest absolute Gasteiger partial charge is 0.337 e. The predicted octanol–water partition coefficient (Wildman–Crippen LogP) is 5.87. The van der Waals surface area contributed by atoms with Crippen LogP contribution < -0.4 is 4.89 Å². The average Bonchev–Trinajstić information content (AvgIpc) is 2.56. The molecule has 0 N–H and O–H groups in total. The van der Waals surface area contributed by atoms with E-state index in [1.165, 1.54) is 44.1 Å². The Hall–Kier alpha value is -1.02. The third kappa shape index (κ3) is 4.25. The minimum Gasteiger partial charge on any atom is -0.337 e. The molecule has 2 heteroatoms. The maximum atomic E-state index is 5.62. The fraction of sp³-hybridized carbons (Fsp3) is 0.700. The molecular formula is C20H30O2. The second-order valence-electron chi connectivity index (χ2n) is 7.59. The molecule has 2 aliphatic carbocycles. The normalized spacial score (nSPS) is 32.6. The van der Waals surface area contributed by atoms with Crippen LogP contribution in [0, 0.1) is 11.8 Å². The van der Waals surface area contributed by atoms with E-state index in [1.54, 1.807) is 0 Å². The molecule has 0 aliphatic heterocycles. The standard InChI is InChI=1S/C20H30O2/c1-15-3-7-17(8-4-15)18-9-13-20(14-10-18)22-21-19-11-5-16(2)6-12-19/h9-10,13-17,19H,3-8,11-12H2,1-2H3. The molecule has 2 aliphatic rings. The summed E-state index contributed by atoms with van der Waals surface area (Å²) >= 11 is 0. The average molecular weight is 302 g/mol. The molecular weight excluding hydrogens is 272 g/mol. The van der Waals surface area contributed by atoms with Gasteiger partial charge in [-0.1, -0.05) is 38.8 Å². The third-order valence-electron chi connectivity index (χ3n) is 5.61. The van der Waals surface area contributed by atoms with Crippen molar-refractivity contribution in [1.29, 1.82) is 0 Å². The zero-order valence-corrected chi connectivity index (χ0v) is 14.1. The highest BCUT2D eigenvalue weighted by molar-refractivity contribution is 5.29. The van der Waals surface area contributed by atoms with Crippen molar-refractivity contribution in [3.05, 3.63) is 29.8 Å². The fourth-order valence-electron chi connectivity index (χ4n) is 3.84. The van der Waals surface area contributed by atoms with Gasteiger partial charge in [0.1, 0.15) is 6.10 Å². The van der Waals surface area contributed by atoms with E-state index < -0.39 is 0 Å². The van der Waals surface area contributed by atoms with Crippen LogP contribution in [0.2, 0.25) is 0 Å². The quantitative estimate of drug-likeness (QED) is 0.511. The lowest BCUT2D eigenvalue weighted by atomic mass is 9.79. The van der Waals surface area contributed by atoms with Crippen LogP contribution in [0.15, 0.2) is 24.3 Å². The van der Waals surface area contributed by atoms with Gasteiger partial charge >= 0.3 is 0 Å². The van der Waals surface area contributed by atoms with Crippen molar-refractivity contribution >= 4 is 0 Å². The molecule has 2 saturated carbocycles. The number of benzene rings is 1. The van der Waals surface area contributed by atoms with Crippen LogP contribution in [0.5, 0.6) is 5.75 Å². The highest BCUT2D eigenvalue weighted by Crippen LogP contribution is 2.36. The molecule has 3 rings (SSSR count). The van der Waals surface area contributed by atoms with E-state index in [4.69, 9.17) is 9.78 Å². The predicted molar refractivity (Wildman–Crippen MR) is 89.9 cm³/mol. The van der Waals surface area contributed by atoms with Crippen LogP contribution in [0.25, 0.3) is 0 Å². The van der Waals surface area contributed by atoms with Gasteiger partial charge in [-0.05, 0) is 74.0 Å². The molecule has 0 heterocycles. The summed E-state index contributed by atoms with van der Waals surface area (Å²) in [6, 6.07) is 8.59. The van der Waals surface area contributed by atoms with Gasteiger partial charge in [-0.15, -0.1) is 0 Å². The van der Waals surface area contributed by atoms with Crippen molar-refractivity contribution in [2.75, 3.05) is 0 Å². The molecule has 0 radical (unpaired) electrons. The van der Waals surface area contributed by atoms with Gasteiger partial charge in [-0.2, -0.15) is 4.89 Å². The summed E-state index contributed by atoms with van der Waals surface area (Å²) < 4.78 is 0. The van der Waals surface area contributed by atoms with Gasteiger partial charge in [0.25, 0.3) is 0 Å². The van der Waals surface area contributed by atoms with Gasteiger partial charge in [0.15, 0.2) is 5.75 Å². The second kappa shape index (κ2) is 7.50. The zero-order valence-electron chi connectivity index (χ0n) is 14.1. The Kier molecular flexibility index (Phi) is 5.41. The van der Waals surface area contributed by atoms with Crippen LogP contribution >= 0.6 is 0 Å². The van der Waals surface area contributed by atoms with Crippen molar-refractivity contribution < 1.29 is 9.78 Å². The summed E-state index contributed by atoms with van der Waals surface area (Å²) in [5.41, 5.74) is 1.46. The molecule has 0 saturated heterocycles. The van der Waals surface area contributed by atoms with E-state index >= 15 is 0 Å². The SMILES string of the molecule is CC1CCC(OOc2ccc(C3CCC(C)CC3)cc2)CC1. The molecule has 0 unspecified atom stereocenters. The summed E-state index contributed by atoms with van der Waals surface area (Å²) in [6.07, 6.45) is 10.4. The number of rotatable bonds is 4. The van der Waals surface area contributed by atoms with Gasteiger partial charge in [0, 0.05) is 0 Å². The first-order valence-electron chi connectivity index (χ1n) is 9.14. The van der Waals surface area contributed by atoms with Gasteiger partial charge in [-0.25, -0.2) is 0 Å². The summed E-state index contributed by atoms with van der Waals surface area (Å²) in [6.45, 7) is 4.69. The smallest absolute Gasteiger partial charge is 0.165 e. The second-order valence-corrected chi connectivity index (χ2v) is 7.59. The minimum absolute atomic E-state index is 0.274. The Bertz CT molecular complexity index is 437. The molecule has 22 heavy (non-hydrogen) atoms. The minimum atomic E-state index is 0.274. The zero-order chi connectivity index (χ0) is 15.4. The molecule has 1 aromatic rings. The van der Waals surface area contributed by atoms with E-state index in [0.717, 1.165) is 36.3 Å². The Labute approximate surface area is 135 Å². The van der Waals surface area contributed by atoms with Crippen LogP contribution in [0.1, 0.15) is 76.7 Å². The summed E-state index contributed by atoms with van der Waals surface area (Å²) in [5.74, 6) is 3.33. The van der Waals surface area contributed by atoms with Crippen LogP contribution in [0.3, 0.4) is 0 Å². The first-order valence-corrected chi connectivity index (χ1v) is 9.14. The molecule has 122 valence electrons. The summed E-state index contributed by atoms with van der Waals surface area (Å²) in [7, 11) is 0. The van der Waals surface area contributed by atoms with Crippen LogP contribution in [-0.2, 0) is 4.89 Å². The first-order chi connectivity index (χ1) is 10.7. The van der Waals surface area contributed by atoms with Crippen molar-refractivity contribution in [1.82, 2.24) is 0 Å². The number of hydrogen-bond donors (Lipinski definition) is 0. The Balaban J connectivity index is 1.47. The monoisotopic (exact) mass is 302 g/mol. The Morgan fingerprint density at radius 1 is 0.727 bits per heavy atom. The maximum Gasteiger partial charge on any atom is 0.165 e. The summed E-state index contributed by atoms with van der Waals surface area (Å²) in [5, 5.41) is 0. The first kappa shape index (κ1) is 15.9. The fourth-order valence-corrected chi connectivity index (χ4v) is 3.84. The van der Waals surface area contributed by atoms with Crippen molar-refractivity contribution in [3.63, 3.8) is 0 Å². The van der Waals surface area contributed by atoms with Gasteiger partial charge in [-0.3, -0.25) is 0 Å². The molecule has 0 atom stereocenters. The van der Waals surface area contributed by atoms with Gasteiger partial charge < -0.3 is 4.89 Å². The molecule has 1 aromatic carbocycles. The Morgan fingerprint density at radius 2 is 1.27 bits per heavy atom. The van der Waals surface area contributed by atoms with Crippen molar-refractivity contribution in [2.45, 2.75) is 77.2 Å². The van der Waals surface area contributed by atoms with Crippen molar-refractivity contribution in [3.8, 4) is 5.75 Å². The van der Waals surface area contributed by atoms with Crippen LogP contribution in [-0.4, -0.2) is 6.10 Å². The van der Waals surface area contributed by atoms with E-state index in [0.29, 0.717) is 0 Å². The lowest BCUT2D eigenvalue weighted by Crippen LogP contribution is -2.21. The Morgan fingerprint density at radius 3 is 1.86 bits per heavy atom. The molecule has 0 aromatic heterocycles. The molecule has 0 bridgehead atoms. The van der Waals surface area contributed by atoms with E-state index in [1.807, 2.05) is 0 Å². The molecule has 0 amide bonds. The molecule has 2 fully saturated rings.